The van der Waals surface area contributed by atoms with Crippen LogP contribution in [0.3, 0.4) is 0 Å². The SMILES string of the molecule is COc1ccc(OC(F)(F)F)cc1Cn1nnc(C(=O)O)c1-c1ccncc1. The molecule has 0 saturated carbocycles. The normalized spacial score (nSPS) is 11.3. The molecule has 1 aromatic carbocycles. The zero-order chi connectivity index (χ0) is 20.3. The molecule has 0 aliphatic heterocycles. The maximum absolute atomic E-state index is 12.5. The first-order valence-electron chi connectivity index (χ1n) is 7.78. The van der Waals surface area contributed by atoms with Crippen LogP contribution in [0, 0.1) is 0 Å². The molecule has 11 heteroatoms. The number of carboxylic acid groups (broad SMARTS) is 1. The number of nitrogens with zero attached hydrogens (tertiary/aromatic N) is 4. The number of hydrogen-bond acceptors (Lipinski definition) is 6. The van der Waals surface area contributed by atoms with Crippen molar-refractivity contribution < 1.29 is 32.5 Å². The zero-order valence-corrected chi connectivity index (χ0v) is 14.3. The number of benzene rings is 1. The monoisotopic (exact) mass is 394 g/mol. The van der Waals surface area contributed by atoms with E-state index in [1.165, 1.54) is 30.3 Å². The van der Waals surface area contributed by atoms with Gasteiger partial charge in [-0.3, -0.25) is 4.98 Å². The van der Waals surface area contributed by atoms with Crippen molar-refractivity contribution in [3.8, 4) is 22.8 Å². The van der Waals surface area contributed by atoms with Gasteiger partial charge in [-0.15, -0.1) is 18.3 Å². The highest BCUT2D eigenvalue weighted by Gasteiger charge is 2.31. The molecule has 3 aromatic rings. The Morgan fingerprint density at radius 1 is 1.21 bits per heavy atom. The number of carbonyl (C=O) groups is 1. The minimum absolute atomic E-state index is 0.101. The molecule has 3 rings (SSSR count). The van der Waals surface area contributed by atoms with E-state index in [4.69, 9.17) is 4.74 Å². The number of aromatic nitrogens is 4. The van der Waals surface area contributed by atoms with Crippen LogP contribution in [0.2, 0.25) is 0 Å². The van der Waals surface area contributed by atoms with Crippen LogP contribution >= 0.6 is 0 Å². The van der Waals surface area contributed by atoms with Gasteiger partial charge in [0.25, 0.3) is 0 Å². The average Bonchev–Trinajstić information content (AvgIpc) is 3.05. The summed E-state index contributed by atoms with van der Waals surface area (Å²) < 4.78 is 47.9. The number of rotatable bonds is 6. The number of methoxy groups -OCH3 is 1. The summed E-state index contributed by atoms with van der Waals surface area (Å²) >= 11 is 0. The van der Waals surface area contributed by atoms with Gasteiger partial charge in [-0.05, 0) is 30.3 Å². The molecule has 0 aliphatic rings. The lowest BCUT2D eigenvalue weighted by Crippen LogP contribution is -2.17. The van der Waals surface area contributed by atoms with E-state index in [2.05, 4.69) is 20.0 Å². The van der Waals surface area contributed by atoms with E-state index < -0.39 is 18.1 Å². The van der Waals surface area contributed by atoms with E-state index >= 15 is 0 Å². The van der Waals surface area contributed by atoms with Crippen molar-refractivity contribution in [2.24, 2.45) is 0 Å². The number of hydrogen-bond donors (Lipinski definition) is 1. The van der Waals surface area contributed by atoms with Gasteiger partial charge < -0.3 is 14.6 Å². The highest BCUT2D eigenvalue weighted by atomic mass is 19.4. The van der Waals surface area contributed by atoms with E-state index in [1.54, 1.807) is 12.1 Å². The second-order valence-corrected chi connectivity index (χ2v) is 5.51. The summed E-state index contributed by atoms with van der Waals surface area (Å²) in [5, 5.41) is 16.9. The van der Waals surface area contributed by atoms with Crippen molar-refractivity contribution in [3.63, 3.8) is 0 Å². The fraction of sp³-hybridized carbons (Fsp3) is 0.176. The highest BCUT2D eigenvalue weighted by Crippen LogP contribution is 2.30. The molecule has 8 nitrogen and oxygen atoms in total. The fourth-order valence-corrected chi connectivity index (χ4v) is 2.60. The molecule has 146 valence electrons. The van der Waals surface area contributed by atoms with Crippen molar-refractivity contribution in [3.05, 3.63) is 54.0 Å². The smallest absolute Gasteiger partial charge is 0.496 e. The van der Waals surface area contributed by atoms with Crippen LogP contribution in [0.5, 0.6) is 11.5 Å². The summed E-state index contributed by atoms with van der Waals surface area (Å²) in [6.07, 6.45) is -1.91. The van der Waals surface area contributed by atoms with E-state index in [1.807, 2.05) is 0 Å². The molecule has 28 heavy (non-hydrogen) atoms. The topological polar surface area (TPSA) is 99.4 Å². The molecule has 0 radical (unpaired) electrons. The molecule has 1 N–H and O–H groups in total. The van der Waals surface area contributed by atoms with Crippen molar-refractivity contribution in [1.82, 2.24) is 20.0 Å². The molecule has 0 fully saturated rings. The van der Waals surface area contributed by atoms with Gasteiger partial charge in [0.05, 0.1) is 13.7 Å². The third-order valence-electron chi connectivity index (χ3n) is 3.70. The van der Waals surface area contributed by atoms with Crippen LogP contribution in [0.1, 0.15) is 16.1 Å². The number of alkyl halides is 3. The quantitative estimate of drug-likeness (QED) is 0.686. The lowest BCUT2D eigenvalue weighted by molar-refractivity contribution is -0.274. The Morgan fingerprint density at radius 2 is 1.93 bits per heavy atom. The first-order valence-corrected chi connectivity index (χ1v) is 7.78. The number of pyridine rings is 1. The zero-order valence-electron chi connectivity index (χ0n) is 14.3. The van der Waals surface area contributed by atoms with Gasteiger partial charge in [-0.25, -0.2) is 9.48 Å². The molecule has 0 amide bonds. The maximum atomic E-state index is 12.5. The number of ether oxygens (including phenoxy) is 2. The fourth-order valence-electron chi connectivity index (χ4n) is 2.60. The van der Waals surface area contributed by atoms with Gasteiger partial charge in [0.15, 0.2) is 5.69 Å². The number of aromatic carboxylic acids is 1. The van der Waals surface area contributed by atoms with Crippen LogP contribution in [0.25, 0.3) is 11.3 Å². The van der Waals surface area contributed by atoms with Crippen LogP contribution in [-0.4, -0.2) is 44.5 Å². The second kappa shape index (κ2) is 7.55. The standard InChI is InChI=1S/C17H13F3N4O4/c1-27-13-3-2-12(28-17(18,19)20)8-11(13)9-24-15(10-4-6-21-7-5-10)14(16(25)26)22-23-24/h2-8H,9H2,1H3,(H,25,26). The van der Waals surface area contributed by atoms with Crippen LogP contribution in [-0.2, 0) is 6.54 Å². The van der Waals surface area contributed by atoms with Crippen molar-refractivity contribution >= 4 is 5.97 Å². The maximum Gasteiger partial charge on any atom is 0.573 e. The molecule has 0 atom stereocenters. The lowest BCUT2D eigenvalue weighted by Gasteiger charge is -2.14. The minimum Gasteiger partial charge on any atom is -0.496 e. The molecule has 2 aromatic heterocycles. The van der Waals surface area contributed by atoms with Gasteiger partial charge in [0.1, 0.15) is 17.2 Å². The molecule has 0 saturated heterocycles. The highest BCUT2D eigenvalue weighted by molar-refractivity contribution is 5.92. The number of halogens is 3. The predicted octanol–water partition coefficient (Wildman–Crippen LogP) is 2.99. The molecule has 0 bridgehead atoms. The van der Waals surface area contributed by atoms with Gasteiger partial charge >= 0.3 is 12.3 Å². The molecule has 0 unspecified atom stereocenters. The number of carboxylic acids is 1. The molecular weight excluding hydrogens is 381 g/mol. The molecular formula is C17H13F3N4O4. The van der Waals surface area contributed by atoms with Crippen LogP contribution < -0.4 is 9.47 Å². The van der Waals surface area contributed by atoms with E-state index in [9.17, 15) is 23.1 Å². The molecule has 2 heterocycles. The van der Waals surface area contributed by atoms with Gasteiger partial charge in [0, 0.05) is 23.5 Å². The van der Waals surface area contributed by atoms with E-state index in [-0.39, 0.29) is 23.7 Å². The molecule has 0 aliphatic carbocycles. The Labute approximate surface area is 156 Å². The Bertz CT molecular complexity index is 990. The Kier molecular flexibility index (Phi) is 5.16. The summed E-state index contributed by atoms with van der Waals surface area (Å²) in [5.41, 5.74) is 0.660. The Morgan fingerprint density at radius 3 is 2.54 bits per heavy atom. The largest absolute Gasteiger partial charge is 0.573 e. The van der Waals surface area contributed by atoms with E-state index in [0.29, 0.717) is 11.1 Å². The van der Waals surface area contributed by atoms with Crippen LogP contribution in [0.4, 0.5) is 13.2 Å². The summed E-state index contributed by atoms with van der Waals surface area (Å²) in [6, 6.07) is 6.72. The van der Waals surface area contributed by atoms with Crippen LogP contribution in [0.15, 0.2) is 42.7 Å². The first-order chi connectivity index (χ1) is 13.3. The summed E-state index contributed by atoms with van der Waals surface area (Å²) in [6.45, 7) is -0.101. The van der Waals surface area contributed by atoms with Gasteiger partial charge in [-0.2, -0.15) is 0 Å². The van der Waals surface area contributed by atoms with Crippen molar-refractivity contribution in [2.45, 2.75) is 12.9 Å². The first kappa shape index (κ1) is 19.1. The summed E-state index contributed by atoms with van der Waals surface area (Å²) in [5.74, 6) is -1.45. The third kappa shape index (κ3) is 4.19. The third-order valence-corrected chi connectivity index (χ3v) is 3.70. The predicted molar refractivity (Wildman–Crippen MR) is 89.0 cm³/mol. The molecule has 0 spiro atoms. The minimum atomic E-state index is -4.85. The lowest BCUT2D eigenvalue weighted by atomic mass is 10.1. The van der Waals surface area contributed by atoms with Crippen molar-refractivity contribution in [1.29, 1.82) is 0 Å². The Balaban J connectivity index is 2.04. The Hall–Kier alpha value is -3.63. The summed E-state index contributed by atoms with van der Waals surface area (Å²) in [7, 11) is 1.36. The van der Waals surface area contributed by atoms with E-state index in [0.717, 1.165) is 12.1 Å². The summed E-state index contributed by atoms with van der Waals surface area (Å²) in [4.78, 5) is 15.4. The van der Waals surface area contributed by atoms with Gasteiger partial charge in [-0.1, -0.05) is 5.21 Å². The van der Waals surface area contributed by atoms with Gasteiger partial charge in [0.2, 0.25) is 0 Å². The second-order valence-electron chi connectivity index (χ2n) is 5.51. The van der Waals surface area contributed by atoms with Crippen molar-refractivity contribution in [2.75, 3.05) is 7.11 Å². The average molecular weight is 394 g/mol.